The average molecular weight is 251 g/mol. The van der Waals surface area contributed by atoms with E-state index in [1.54, 1.807) is 0 Å². The van der Waals surface area contributed by atoms with Crippen molar-refractivity contribution in [2.45, 2.75) is 13.5 Å². The standard InChI is InChI=1S/C17H17NO/c1-14-7-5-11-16(13-18)17(14)19-12-6-10-15-8-3-2-4-9-15/h2-5,7-9,11H,12-13,18H2,1H3. The minimum atomic E-state index is 0.368. The van der Waals surface area contributed by atoms with E-state index in [4.69, 9.17) is 10.5 Å². The molecule has 0 aliphatic heterocycles. The third-order valence-electron chi connectivity index (χ3n) is 2.81. The van der Waals surface area contributed by atoms with Crippen LogP contribution in [0.4, 0.5) is 0 Å². The molecule has 19 heavy (non-hydrogen) atoms. The predicted octanol–water partition coefficient (Wildman–Crippen LogP) is 2.88. The van der Waals surface area contributed by atoms with Crippen molar-refractivity contribution in [1.29, 1.82) is 0 Å². The van der Waals surface area contributed by atoms with Crippen LogP contribution < -0.4 is 10.5 Å². The fourth-order valence-corrected chi connectivity index (χ4v) is 1.85. The van der Waals surface area contributed by atoms with Gasteiger partial charge in [0.25, 0.3) is 0 Å². The Balaban J connectivity index is 2.02. The van der Waals surface area contributed by atoms with Gasteiger partial charge in [0.1, 0.15) is 12.4 Å². The van der Waals surface area contributed by atoms with E-state index in [0.29, 0.717) is 13.2 Å². The molecular weight excluding hydrogens is 234 g/mol. The smallest absolute Gasteiger partial charge is 0.149 e. The minimum absolute atomic E-state index is 0.368. The Morgan fingerprint density at radius 3 is 2.58 bits per heavy atom. The van der Waals surface area contributed by atoms with Gasteiger partial charge >= 0.3 is 0 Å². The van der Waals surface area contributed by atoms with E-state index in [-0.39, 0.29) is 0 Å². The highest BCUT2D eigenvalue weighted by atomic mass is 16.5. The molecule has 2 nitrogen and oxygen atoms in total. The summed E-state index contributed by atoms with van der Waals surface area (Å²) in [5.74, 6) is 6.94. The molecule has 0 radical (unpaired) electrons. The zero-order valence-electron chi connectivity index (χ0n) is 11.0. The zero-order chi connectivity index (χ0) is 13.5. The number of aryl methyl sites for hydroxylation is 1. The number of hydrogen-bond donors (Lipinski definition) is 1. The van der Waals surface area contributed by atoms with E-state index < -0.39 is 0 Å². The Bertz CT molecular complexity index is 594. The Hall–Kier alpha value is -2.24. The molecule has 0 saturated carbocycles. The van der Waals surface area contributed by atoms with Gasteiger partial charge in [0.05, 0.1) is 0 Å². The van der Waals surface area contributed by atoms with E-state index >= 15 is 0 Å². The highest BCUT2D eigenvalue weighted by molar-refractivity contribution is 5.41. The van der Waals surface area contributed by atoms with Crippen LogP contribution in [0, 0.1) is 18.8 Å². The van der Waals surface area contributed by atoms with Crippen molar-refractivity contribution in [2.75, 3.05) is 6.61 Å². The lowest BCUT2D eigenvalue weighted by Gasteiger charge is -2.10. The summed E-state index contributed by atoms with van der Waals surface area (Å²) in [5, 5.41) is 0. The van der Waals surface area contributed by atoms with Crippen molar-refractivity contribution in [3.05, 3.63) is 65.2 Å². The van der Waals surface area contributed by atoms with Crippen molar-refractivity contribution in [3.8, 4) is 17.6 Å². The summed E-state index contributed by atoms with van der Waals surface area (Å²) in [6, 6.07) is 15.9. The molecule has 2 heteroatoms. The van der Waals surface area contributed by atoms with Gasteiger partial charge < -0.3 is 10.5 Å². The Labute approximate surface area is 114 Å². The molecule has 0 aromatic heterocycles. The van der Waals surface area contributed by atoms with E-state index in [1.807, 2.05) is 55.5 Å². The zero-order valence-corrected chi connectivity index (χ0v) is 11.0. The summed E-state index contributed by atoms with van der Waals surface area (Å²) in [6.45, 7) is 2.86. The van der Waals surface area contributed by atoms with Gasteiger partial charge in [-0.25, -0.2) is 0 Å². The third-order valence-corrected chi connectivity index (χ3v) is 2.81. The topological polar surface area (TPSA) is 35.2 Å². The van der Waals surface area contributed by atoms with Crippen molar-refractivity contribution in [3.63, 3.8) is 0 Å². The van der Waals surface area contributed by atoms with E-state index in [2.05, 4.69) is 11.8 Å². The van der Waals surface area contributed by atoms with Gasteiger partial charge in [0, 0.05) is 17.7 Å². The molecule has 2 aromatic carbocycles. The Morgan fingerprint density at radius 2 is 1.84 bits per heavy atom. The van der Waals surface area contributed by atoms with Gasteiger partial charge in [-0.05, 0) is 24.6 Å². The number of benzene rings is 2. The molecule has 2 aromatic rings. The normalized spacial score (nSPS) is 9.58. The van der Waals surface area contributed by atoms with E-state index in [0.717, 1.165) is 22.4 Å². The molecule has 2 rings (SSSR count). The molecular formula is C17H17NO. The van der Waals surface area contributed by atoms with Crippen LogP contribution in [0.15, 0.2) is 48.5 Å². The molecule has 0 heterocycles. The van der Waals surface area contributed by atoms with Crippen LogP contribution in [-0.2, 0) is 6.54 Å². The van der Waals surface area contributed by atoms with E-state index in [9.17, 15) is 0 Å². The van der Waals surface area contributed by atoms with Crippen molar-refractivity contribution >= 4 is 0 Å². The maximum Gasteiger partial charge on any atom is 0.149 e. The predicted molar refractivity (Wildman–Crippen MR) is 77.9 cm³/mol. The maximum atomic E-state index is 5.73. The molecule has 0 spiro atoms. The first-order valence-corrected chi connectivity index (χ1v) is 6.26. The second-order valence-corrected chi connectivity index (χ2v) is 4.22. The Morgan fingerprint density at radius 1 is 1.05 bits per heavy atom. The summed E-state index contributed by atoms with van der Waals surface area (Å²) in [7, 11) is 0. The monoisotopic (exact) mass is 251 g/mol. The van der Waals surface area contributed by atoms with Gasteiger partial charge in [-0.3, -0.25) is 0 Å². The summed E-state index contributed by atoms with van der Waals surface area (Å²) in [6.07, 6.45) is 0. The first-order valence-electron chi connectivity index (χ1n) is 6.26. The van der Waals surface area contributed by atoms with Crippen LogP contribution in [0.5, 0.6) is 5.75 Å². The highest BCUT2D eigenvalue weighted by Crippen LogP contribution is 2.22. The van der Waals surface area contributed by atoms with Crippen LogP contribution in [0.25, 0.3) is 0 Å². The summed E-state index contributed by atoms with van der Waals surface area (Å²) in [5.41, 5.74) is 8.80. The first kappa shape index (κ1) is 13.2. The lowest BCUT2D eigenvalue weighted by molar-refractivity contribution is 0.363. The number of nitrogens with two attached hydrogens (primary N) is 1. The second kappa shape index (κ2) is 6.63. The fraction of sp³-hybridized carbons (Fsp3) is 0.176. The molecule has 0 unspecified atom stereocenters. The molecule has 0 aliphatic rings. The third kappa shape index (κ3) is 3.61. The van der Waals surface area contributed by atoms with Crippen LogP contribution in [-0.4, -0.2) is 6.61 Å². The minimum Gasteiger partial charge on any atom is -0.480 e. The lowest BCUT2D eigenvalue weighted by atomic mass is 10.1. The number of hydrogen-bond acceptors (Lipinski definition) is 2. The number of rotatable bonds is 3. The van der Waals surface area contributed by atoms with Crippen molar-refractivity contribution < 1.29 is 4.74 Å². The van der Waals surface area contributed by atoms with Gasteiger partial charge in [-0.2, -0.15) is 0 Å². The average Bonchev–Trinajstić information content (AvgIpc) is 2.46. The van der Waals surface area contributed by atoms with Crippen LogP contribution >= 0.6 is 0 Å². The number of ether oxygens (including phenoxy) is 1. The summed E-state index contributed by atoms with van der Waals surface area (Å²) < 4.78 is 5.73. The van der Waals surface area contributed by atoms with Crippen LogP contribution in [0.3, 0.4) is 0 Å². The summed E-state index contributed by atoms with van der Waals surface area (Å²) >= 11 is 0. The Kier molecular flexibility index (Phi) is 4.60. The van der Waals surface area contributed by atoms with Crippen molar-refractivity contribution in [1.82, 2.24) is 0 Å². The second-order valence-electron chi connectivity index (χ2n) is 4.22. The quantitative estimate of drug-likeness (QED) is 0.851. The molecule has 2 N–H and O–H groups in total. The van der Waals surface area contributed by atoms with Gasteiger partial charge in [0.2, 0.25) is 0 Å². The molecule has 0 bridgehead atoms. The fourth-order valence-electron chi connectivity index (χ4n) is 1.85. The molecule has 0 atom stereocenters. The molecule has 0 fully saturated rings. The number of para-hydroxylation sites is 1. The van der Waals surface area contributed by atoms with Crippen LogP contribution in [0.2, 0.25) is 0 Å². The highest BCUT2D eigenvalue weighted by Gasteiger charge is 2.04. The first-order chi connectivity index (χ1) is 9.31. The molecule has 0 aliphatic carbocycles. The maximum absolute atomic E-state index is 5.73. The molecule has 0 amide bonds. The van der Waals surface area contributed by atoms with Gasteiger partial charge in [-0.15, -0.1) is 0 Å². The van der Waals surface area contributed by atoms with Crippen LogP contribution in [0.1, 0.15) is 16.7 Å². The van der Waals surface area contributed by atoms with Gasteiger partial charge in [0.15, 0.2) is 0 Å². The molecule has 0 saturated heterocycles. The lowest BCUT2D eigenvalue weighted by Crippen LogP contribution is -2.04. The van der Waals surface area contributed by atoms with Crippen molar-refractivity contribution in [2.24, 2.45) is 5.73 Å². The molecule has 96 valence electrons. The van der Waals surface area contributed by atoms with E-state index in [1.165, 1.54) is 0 Å². The largest absolute Gasteiger partial charge is 0.480 e. The van der Waals surface area contributed by atoms with Gasteiger partial charge in [-0.1, -0.05) is 48.2 Å². The summed E-state index contributed by atoms with van der Waals surface area (Å²) in [4.78, 5) is 0. The SMILES string of the molecule is Cc1cccc(CN)c1OCC#Cc1ccccc1.